The van der Waals surface area contributed by atoms with Crippen molar-refractivity contribution in [3.8, 4) is 0 Å². The molecule has 1 heterocycles. The molecule has 2 rings (SSSR count). The number of hydrogen-bond donors (Lipinski definition) is 2. The van der Waals surface area contributed by atoms with Crippen LogP contribution in [0.15, 0.2) is 40.9 Å². The van der Waals surface area contributed by atoms with E-state index in [1.165, 1.54) is 0 Å². The summed E-state index contributed by atoms with van der Waals surface area (Å²) in [5.74, 6) is -1.89. The van der Waals surface area contributed by atoms with Crippen LogP contribution >= 0.6 is 0 Å². The lowest BCUT2D eigenvalue weighted by Crippen LogP contribution is -2.31. The molecule has 0 bridgehead atoms. The first-order valence-corrected chi connectivity index (χ1v) is 8.09. The second-order valence-corrected chi connectivity index (χ2v) is 5.64. The first kappa shape index (κ1) is 17.7. The second kappa shape index (κ2) is 8.29. The summed E-state index contributed by atoms with van der Waals surface area (Å²) in [6, 6.07) is 10.4. The number of carboxylic acid groups (broad SMARTS) is 1. The fraction of sp³-hybridized carbons (Fsp3) is 0.389. The average molecular weight is 330 g/mol. The first-order chi connectivity index (χ1) is 11.6. The maximum atomic E-state index is 12.2. The predicted molar refractivity (Wildman–Crippen MR) is 89.0 cm³/mol. The van der Waals surface area contributed by atoms with Gasteiger partial charge in [0.25, 0.3) is 5.91 Å². The van der Waals surface area contributed by atoms with Gasteiger partial charge in [-0.25, -0.2) is 0 Å². The molecular weight excluding hydrogens is 308 g/mol. The van der Waals surface area contributed by atoms with Crippen LogP contribution < -0.4 is 5.32 Å². The van der Waals surface area contributed by atoms with Crippen molar-refractivity contribution in [3.63, 3.8) is 0 Å². The number of amides is 1. The van der Waals surface area contributed by atoms with Gasteiger partial charge in [-0.15, -0.1) is 0 Å². The number of aromatic nitrogens is 1. The van der Waals surface area contributed by atoms with Gasteiger partial charge in [-0.05, 0) is 18.4 Å². The number of carboxylic acids is 1. The van der Waals surface area contributed by atoms with E-state index in [9.17, 15) is 14.7 Å². The molecule has 0 saturated carbocycles. The maximum absolute atomic E-state index is 12.2. The van der Waals surface area contributed by atoms with Crippen LogP contribution in [0.2, 0.25) is 0 Å². The molecule has 2 N–H and O–H groups in total. The van der Waals surface area contributed by atoms with E-state index in [-0.39, 0.29) is 18.2 Å². The van der Waals surface area contributed by atoms with Crippen molar-refractivity contribution < 1.29 is 19.2 Å². The van der Waals surface area contributed by atoms with Gasteiger partial charge < -0.3 is 14.9 Å². The molecular formula is C18H22N2O4. The first-order valence-electron chi connectivity index (χ1n) is 8.09. The predicted octanol–water partition coefficient (Wildman–Crippen LogP) is 3.18. The van der Waals surface area contributed by atoms with E-state index in [2.05, 4.69) is 24.3 Å². The number of benzene rings is 1. The Balaban J connectivity index is 2.02. The average Bonchev–Trinajstić information content (AvgIpc) is 3.06. The van der Waals surface area contributed by atoms with Crippen molar-refractivity contribution >= 4 is 11.9 Å². The largest absolute Gasteiger partial charge is 0.481 e. The zero-order valence-electron chi connectivity index (χ0n) is 13.9. The fourth-order valence-corrected chi connectivity index (χ4v) is 2.61. The zero-order valence-corrected chi connectivity index (χ0v) is 13.9. The third-order valence-electron chi connectivity index (χ3n) is 4.12. The third kappa shape index (κ3) is 4.22. The molecule has 1 atom stereocenters. The van der Waals surface area contributed by atoms with E-state index >= 15 is 0 Å². The normalized spacial score (nSPS) is 12.1. The van der Waals surface area contributed by atoms with Gasteiger partial charge >= 0.3 is 5.97 Å². The molecule has 1 unspecified atom stereocenters. The fourth-order valence-electron chi connectivity index (χ4n) is 2.61. The van der Waals surface area contributed by atoms with Gasteiger partial charge in [0.05, 0.1) is 11.6 Å². The smallest absolute Gasteiger partial charge is 0.312 e. The molecule has 0 spiro atoms. The zero-order chi connectivity index (χ0) is 17.5. The molecule has 24 heavy (non-hydrogen) atoms. The van der Waals surface area contributed by atoms with Gasteiger partial charge in [0.1, 0.15) is 0 Å². The highest BCUT2D eigenvalue weighted by Gasteiger charge is 2.22. The Morgan fingerprint density at radius 2 is 1.88 bits per heavy atom. The maximum Gasteiger partial charge on any atom is 0.312 e. The quantitative estimate of drug-likeness (QED) is 0.775. The van der Waals surface area contributed by atoms with Crippen LogP contribution in [0.5, 0.6) is 0 Å². The molecule has 6 nitrogen and oxygen atoms in total. The molecule has 128 valence electrons. The van der Waals surface area contributed by atoms with Crippen LogP contribution in [0, 0.1) is 0 Å². The van der Waals surface area contributed by atoms with Gasteiger partial charge in [-0.3, -0.25) is 9.59 Å². The van der Waals surface area contributed by atoms with Crippen molar-refractivity contribution in [2.75, 3.05) is 6.54 Å². The molecule has 0 aliphatic rings. The number of carbonyl (C=O) groups excluding carboxylic acids is 1. The topological polar surface area (TPSA) is 92.4 Å². The lowest BCUT2D eigenvalue weighted by molar-refractivity contribution is -0.138. The number of nitrogens with one attached hydrogen (secondary N) is 1. The lowest BCUT2D eigenvalue weighted by Gasteiger charge is -2.13. The highest BCUT2D eigenvalue weighted by Crippen LogP contribution is 2.22. The highest BCUT2D eigenvalue weighted by molar-refractivity contribution is 5.92. The van der Waals surface area contributed by atoms with Crippen LogP contribution in [0.1, 0.15) is 60.3 Å². The molecule has 0 saturated heterocycles. The molecule has 6 heteroatoms. The number of rotatable bonds is 8. The van der Waals surface area contributed by atoms with Gasteiger partial charge in [0, 0.05) is 18.5 Å². The van der Waals surface area contributed by atoms with Gasteiger partial charge in [0.2, 0.25) is 5.76 Å². The summed E-state index contributed by atoms with van der Waals surface area (Å²) in [5, 5.41) is 15.9. The third-order valence-corrected chi connectivity index (χ3v) is 4.12. The molecule has 1 amide bonds. The second-order valence-electron chi connectivity index (χ2n) is 5.64. The van der Waals surface area contributed by atoms with Crippen molar-refractivity contribution in [2.24, 2.45) is 0 Å². The summed E-state index contributed by atoms with van der Waals surface area (Å²) in [4.78, 5) is 23.6. The minimum Gasteiger partial charge on any atom is -0.481 e. The van der Waals surface area contributed by atoms with E-state index in [1.54, 1.807) is 30.3 Å². The SMILES string of the molecule is CCC(CC)c1cc(C(=O)NCC(C(=O)O)c2ccccc2)on1. The minimum absolute atomic E-state index is 0.0147. The number of aliphatic carboxylic acids is 1. The summed E-state index contributed by atoms with van der Waals surface area (Å²) in [5.41, 5.74) is 1.39. The summed E-state index contributed by atoms with van der Waals surface area (Å²) in [7, 11) is 0. The van der Waals surface area contributed by atoms with Gasteiger partial charge in [-0.1, -0.05) is 49.3 Å². The van der Waals surface area contributed by atoms with E-state index in [0.29, 0.717) is 5.56 Å². The van der Waals surface area contributed by atoms with E-state index < -0.39 is 17.8 Å². The Morgan fingerprint density at radius 3 is 2.46 bits per heavy atom. The Labute approximate surface area is 140 Å². The standard InChI is InChI=1S/C18H22N2O4/c1-3-12(4-2)15-10-16(24-20-15)17(21)19-11-14(18(22)23)13-8-6-5-7-9-13/h5-10,12,14H,3-4,11H2,1-2H3,(H,19,21)(H,22,23). The molecule has 2 aromatic rings. The van der Waals surface area contributed by atoms with Crippen molar-refractivity contribution in [3.05, 3.63) is 53.4 Å². The lowest BCUT2D eigenvalue weighted by atomic mass is 9.99. The number of carbonyl (C=O) groups is 2. The van der Waals surface area contributed by atoms with E-state index in [4.69, 9.17) is 4.52 Å². The minimum atomic E-state index is -0.989. The van der Waals surface area contributed by atoms with Gasteiger partial charge in [0.15, 0.2) is 0 Å². The Bertz CT molecular complexity index is 677. The Kier molecular flexibility index (Phi) is 6.12. The molecule has 1 aromatic carbocycles. The van der Waals surface area contributed by atoms with E-state index in [1.807, 2.05) is 6.07 Å². The molecule has 0 aliphatic carbocycles. The van der Waals surface area contributed by atoms with E-state index in [0.717, 1.165) is 18.5 Å². The molecule has 1 aromatic heterocycles. The molecule has 0 fully saturated rings. The Hall–Kier alpha value is -2.63. The monoisotopic (exact) mass is 330 g/mol. The summed E-state index contributed by atoms with van der Waals surface area (Å²) >= 11 is 0. The van der Waals surface area contributed by atoms with Crippen LogP contribution in [0.25, 0.3) is 0 Å². The van der Waals surface area contributed by atoms with Crippen molar-refractivity contribution in [2.45, 2.75) is 38.5 Å². The number of hydrogen-bond acceptors (Lipinski definition) is 4. The Morgan fingerprint density at radius 1 is 1.21 bits per heavy atom. The van der Waals surface area contributed by atoms with Crippen molar-refractivity contribution in [1.82, 2.24) is 10.5 Å². The van der Waals surface area contributed by atoms with Crippen LogP contribution in [-0.2, 0) is 4.79 Å². The van der Waals surface area contributed by atoms with Crippen molar-refractivity contribution in [1.29, 1.82) is 0 Å². The van der Waals surface area contributed by atoms with Gasteiger partial charge in [-0.2, -0.15) is 0 Å². The van der Waals surface area contributed by atoms with Crippen LogP contribution in [-0.4, -0.2) is 28.7 Å². The summed E-state index contributed by atoms with van der Waals surface area (Å²) in [6.07, 6.45) is 1.83. The van der Waals surface area contributed by atoms with Crippen LogP contribution in [0.3, 0.4) is 0 Å². The molecule has 0 radical (unpaired) electrons. The molecule has 0 aliphatic heterocycles. The number of nitrogens with zero attached hydrogens (tertiary/aromatic N) is 1. The summed E-state index contributed by atoms with van der Waals surface area (Å²) in [6.45, 7) is 4.10. The highest BCUT2D eigenvalue weighted by atomic mass is 16.5. The van der Waals surface area contributed by atoms with Crippen LogP contribution in [0.4, 0.5) is 0 Å². The summed E-state index contributed by atoms with van der Waals surface area (Å²) < 4.78 is 5.10.